The van der Waals surface area contributed by atoms with E-state index in [1.165, 1.54) is 35.1 Å². The zero-order valence-corrected chi connectivity index (χ0v) is 17.8. The molecule has 1 fully saturated rings. The van der Waals surface area contributed by atoms with E-state index >= 15 is 0 Å². The van der Waals surface area contributed by atoms with Crippen molar-refractivity contribution < 1.29 is 28.6 Å². The summed E-state index contributed by atoms with van der Waals surface area (Å²) in [4.78, 5) is 37.2. The van der Waals surface area contributed by atoms with Gasteiger partial charge in [-0.2, -0.15) is 10.4 Å². The number of likely N-dealkylation sites (tertiary alicyclic amines) is 1. The number of ether oxygens (including phenoxy) is 1. The van der Waals surface area contributed by atoms with Gasteiger partial charge in [0.25, 0.3) is 5.91 Å². The number of anilines is 2. The Morgan fingerprint density at radius 3 is 2.64 bits per heavy atom. The van der Waals surface area contributed by atoms with E-state index in [4.69, 9.17) is 10.5 Å². The molecule has 2 aromatic rings. The largest absolute Gasteiger partial charge is 0.466 e. The number of nitrogens with zero attached hydrogens (tertiary/aromatic N) is 4. The van der Waals surface area contributed by atoms with Crippen LogP contribution >= 0.6 is 0 Å². The highest BCUT2D eigenvalue weighted by atomic mass is 19.1. The smallest absolute Gasteiger partial charge is 0.407 e. The molecule has 0 radical (unpaired) electrons. The maximum atomic E-state index is 13.2. The molecule has 1 aromatic carbocycles. The second-order valence-corrected chi connectivity index (χ2v) is 7.43. The SMILES string of the molecule is CCOC(=O)CC1[C@@H](n2cc(C(N)=O)c(Nc3ccc(F)cc3)n2)[C@H](C#N)CCN1C(=O)O. The van der Waals surface area contributed by atoms with Gasteiger partial charge in [-0.15, -0.1) is 0 Å². The molecule has 3 rings (SSSR count). The average Bonchev–Trinajstić information content (AvgIpc) is 3.18. The summed E-state index contributed by atoms with van der Waals surface area (Å²) in [5.41, 5.74) is 5.91. The summed E-state index contributed by atoms with van der Waals surface area (Å²) >= 11 is 0. The molecule has 0 aliphatic carbocycles. The Balaban J connectivity index is 2.03. The van der Waals surface area contributed by atoms with Crippen LogP contribution in [0.25, 0.3) is 0 Å². The van der Waals surface area contributed by atoms with Gasteiger partial charge in [-0.25, -0.2) is 9.18 Å². The Morgan fingerprint density at radius 1 is 1.36 bits per heavy atom. The first-order chi connectivity index (χ1) is 15.7. The fourth-order valence-corrected chi connectivity index (χ4v) is 3.91. The summed E-state index contributed by atoms with van der Waals surface area (Å²) in [5, 5.41) is 26.7. The first-order valence-corrected chi connectivity index (χ1v) is 10.2. The molecule has 12 heteroatoms. The number of benzene rings is 1. The van der Waals surface area contributed by atoms with E-state index < -0.39 is 41.8 Å². The summed E-state index contributed by atoms with van der Waals surface area (Å²) in [6, 6.07) is 5.62. The van der Waals surface area contributed by atoms with Crippen LogP contribution in [0.2, 0.25) is 0 Å². The van der Waals surface area contributed by atoms with Crippen molar-refractivity contribution in [2.45, 2.75) is 31.8 Å². The summed E-state index contributed by atoms with van der Waals surface area (Å²) < 4.78 is 19.5. The van der Waals surface area contributed by atoms with Gasteiger partial charge in [0.1, 0.15) is 11.4 Å². The summed E-state index contributed by atoms with van der Waals surface area (Å²) in [5.74, 6) is -2.53. The van der Waals surface area contributed by atoms with Crippen molar-refractivity contribution in [1.82, 2.24) is 14.7 Å². The van der Waals surface area contributed by atoms with Crippen LogP contribution in [-0.4, -0.2) is 57.0 Å². The van der Waals surface area contributed by atoms with Crippen molar-refractivity contribution in [3.8, 4) is 6.07 Å². The number of carbonyl (C=O) groups is 3. The van der Waals surface area contributed by atoms with E-state index in [1.54, 1.807) is 6.92 Å². The standard InChI is InChI=1S/C21H23FN6O5/c1-2-33-17(29)9-16-18(12(10-23)7-8-27(16)21(31)32)28-11-15(19(24)30)20(26-28)25-14-5-3-13(22)4-6-14/h3-6,11-12,16,18H,2,7-9H2,1H3,(H2,24,30)(H,25,26)(H,31,32)/t12-,16?,18-/m0/s1. The number of primary amides is 1. The van der Waals surface area contributed by atoms with Crippen LogP contribution in [0.4, 0.5) is 20.7 Å². The molecule has 3 atom stereocenters. The van der Waals surface area contributed by atoms with Crippen molar-refractivity contribution in [2.75, 3.05) is 18.5 Å². The average molecular weight is 458 g/mol. The first kappa shape index (κ1) is 23.5. The van der Waals surface area contributed by atoms with E-state index in [0.717, 1.165) is 4.90 Å². The number of rotatable bonds is 7. The number of carboxylic acid groups (broad SMARTS) is 1. The number of nitriles is 1. The highest BCUT2D eigenvalue weighted by molar-refractivity contribution is 5.98. The van der Waals surface area contributed by atoms with Gasteiger partial charge in [0, 0.05) is 18.4 Å². The van der Waals surface area contributed by atoms with Crippen LogP contribution in [0.5, 0.6) is 0 Å². The topological polar surface area (TPSA) is 164 Å². The summed E-state index contributed by atoms with van der Waals surface area (Å²) in [6.45, 7) is 1.80. The number of piperidine rings is 1. The second-order valence-electron chi connectivity index (χ2n) is 7.43. The van der Waals surface area contributed by atoms with Crippen molar-refractivity contribution in [3.63, 3.8) is 0 Å². The van der Waals surface area contributed by atoms with Crippen LogP contribution in [-0.2, 0) is 9.53 Å². The molecular weight excluding hydrogens is 435 g/mol. The third-order valence-electron chi connectivity index (χ3n) is 5.39. The third-order valence-corrected chi connectivity index (χ3v) is 5.39. The molecular formula is C21H23FN6O5. The Hall–Kier alpha value is -4.14. The maximum absolute atomic E-state index is 13.2. The maximum Gasteiger partial charge on any atom is 0.407 e. The fraction of sp³-hybridized carbons (Fsp3) is 0.381. The summed E-state index contributed by atoms with van der Waals surface area (Å²) in [6.07, 6.45) is -0.0285. The van der Waals surface area contributed by atoms with Crippen LogP contribution < -0.4 is 11.1 Å². The fourth-order valence-electron chi connectivity index (χ4n) is 3.91. The van der Waals surface area contributed by atoms with Gasteiger partial charge in [-0.05, 0) is 37.6 Å². The number of hydrogen-bond acceptors (Lipinski definition) is 7. The highest BCUT2D eigenvalue weighted by Gasteiger charge is 2.44. The lowest BCUT2D eigenvalue weighted by Crippen LogP contribution is -2.52. The Morgan fingerprint density at radius 2 is 2.06 bits per heavy atom. The van der Waals surface area contributed by atoms with E-state index in [2.05, 4.69) is 16.5 Å². The Bertz CT molecular complexity index is 1080. The molecule has 0 bridgehead atoms. The lowest BCUT2D eigenvalue weighted by molar-refractivity contribution is -0.145. The van der Waals surface area contributed by atoms with Gasteiger partial charge in [-0.1, -0.05) is 0 Å². The van der Waals surface area contributed by atoms with Crippen molar-refractivity contribution in [2.24, 2.45) is 11.7 Å². The molecule has 4 N–H and O–H groups in total. The lowest BCUT2D eigenvalue weighted by atomic mass is 9.85. The molecule has 0 saturated carbocycles. The molecule has 1 aliphatic rings. The number of hydrogen-bond donors (Lipinski definition) is 3. The minimum Gasteiger partial charge on any atom is -0.466 e. The quantitative estimate of drug-likeness (QED) is 0.532. The zero-order valence-electron chi connectivity index (χ0n) is 17.8. The first-order valence-electron chi connectivity index (χ1n) is 10.2. The minimum atomic E-state index is -1.25. The minimum absolute atomic E-state index is 0.0154. The molecule has 1 saturated heterocycles. The van der Waals surface area contributed by atoms with Crippen molar-refractivity contribution in [1.29, 1.82) is 5.26 Å². The van der Waals surface area contributed by atoms with Crippen LogP contribution in [0.3, 0.4) is 0 Å². The van der Waals surface area contributed by atoms with E-state index in [0.29, 0.717) is 5.69 Å². The molecule has 0 spiro atoms. The highest BCUT2D eigenvalue weighted by Crippen LogP contribution is 2.36. The predicted molar refractivity (Wildman–Crippen MR) is 113 cm³/mol. The number of aromatic nitrogens is 2. The summed E-state index contributed by atoms with van der Waals surface area (Å²) in [7, 11) is 0. The molecule has 33 heavy (non-hydrogen) atoms. The van der Waals surface area contributed by atoms with Crippen LogP contribution in [0, 0.1) is 23.1 Å². The number of halogens is 1. The molecule has 174 valence electrons. The van der Waals surface area contributed by atoms with Gasteiger partial charge in [0.2, 0.25) is 0 Å². The zero-order chi connectivity index (χ0) is 24.1. The number of carbonyl (C=O) groups excluding carboxylic acids is 2. The second kappa shape index (κ2) is 9.99. The Labute approximate surface area is 188 Å². The van der Waals surface area contributed by atoms with Gasteiger partial charge in [0.05, 0.1) is 37.1 Å². The van der Waals surface area contributed by atoms with Gasteiger partial charge in [0.15, 0.2) is 5.82 Å². The van der Waals surface area contributed by atoms with Gasteiger partial charge >= 0.3 is 12.1 Å². The molecule has 2 amide bonds. The molecule has 11 nitrogen and oxygen atoms in total. The van der Waals surface area contributed by atoms with Crippen molar-refractivity contribution in [3.05, 3.63) is 41.8 Å². The van der Waals surface area contributed by atoms with Gasteiger partial charge in [-0.3, -0.25) is 14.3 Å². The van der Waals surface area contributed by atoms with Crippen LogP contribution in [0.15, 0.2) is 30.5 Å². The molecule has 2 heterocycles. The van der Waals surface area contributed by atoms with E-state index in [9.17, 15) is 29.1 Å². The molecule has 1 aromatic heterocycles. The predicted octanol–water partition coefficient (Wildman–Crippen LogP) is 2.25. The van der Waals surface area contributed by atoms with E-state index in [1.807, 2.05) is 0 Å². The number of amides is 2. The van der Waals surface area contributed by atoms with E-state index in [-0.39, 0.29) is 37.4 Å². The molecule has 1 aliphatic heterocycles. The third kappa shape index (κ3) is 5.20. The van der Waals surface area contributed by atoms with Crippen molar-refractivity contribution >= 4 is 29.5 Å². The van der Waals surface area contributed by atoms with Crippen LogP contribution in [0.1, 0.15) is 36.2 Å². The monoisotopic (exact) mass is 458 g/mol. The Kier molecular flexibility index (Phi) is 7.12. The number of nitrogens with two attached hydrogens (primary N) is 1. The number of esters is 1. The molecule has 1 unspecified atom stereocenters. The normalized spacial score (nSPS) is 20.0. The number of nitrogens with one attached hydrogen (secondary N) is 1. The lowest BCUT2D eigenvalue weighted by Gasteiger charge is -2.41. The van der Waals surface area contributed by atoms with Gasteiger partial charge < -0.3 is 25.8 Å².